The molecule has 1 aliphatic heterocycles. The average molecular weight is 299 g/mol. The van der Waals surface area contributed by atoms with Crippen LogP contribution in [0.5, 0.6) is 5.88 Å². The van der Waals surface area contributed by atoms with E-state index in [0.717, 1.165) is 14.7 Å². The molecular formula is C15H13N3O4. The molecule has 0 fully saturated rings. The smallest absolute Gasteiger partial charge is 0.333 e. The molecule has 0 unspecified atom stereocenters. The molecule has 0 aliphatic carbocycles. The fraction of sp³-hybridized carbons (Fsp3) is 0.200. The minimum Gasteiger partial charge on any atom is -0.494 e. The van der Waals surface area contributed by atoms with Crippen LogP contribution in [-0.4, -0.2) is 20.1 Å². The lowest BCUT2D eigenvalue weighted by Gasteiger charge is -2.10. The maximum Gasteiger partial charge on any atom is 0.333 e. The summed E-state index contributed by atoms with van der Waals surface area (Å²) in [5, 5.41) is 11.1. The molecular weight excluding hydrogens is 286 g/mol. The van der Waals surface area contributed by atoms with Gasteiger partial charge in [-0.3, -0.25) is 18.7 Å². The Balaban J connectivity index is 2.57. The first-order valence-corrected chi connectivity index (χ1v) is 6.56. The second-order valence-corrected chi connectivity index (χ2v) is 5.22. The van der Waals surface area contributed by atoms with E-state index in [9.17, 15) is 19.5 Å². The Hall–Kier alpha value is -2.96. The van der Waals surface area contributed by atoms with Crippen LogP contribution in [0.1, 0.15) is 11.1 Å². The van der Waals surface area contributed by atoms with Gasteiger partial charge < -0.3 is 5.11 Å². The number of rotatable bonds is 1. The van der Waals surface area contributed by atoms with Crippen molar-refractivity contribution in [2.24, 2.45) is 19.1 Å². The van der Waals surface area contributed by atoms with Crippen LogP contribution < -0.4 is 21.8 Å². The van der Waals surface area contributed by atoms with Crippen molar-refractivity contribution >= 4 is 11.5 Å². The predicted octanol–water partition coefficient (Wildman–Crippen LogP) is -1.54. The highest BCUT2D eigenvalue weighted by Crippen LogP contribution is 2.19. The summed E-state index contributed by atoms with van der Waals surface area (Å²) >= 11 is 0. The van der Waals surface area contributed by atoms with Gasteiger partial charge in [0.1, 0.15) is 5.56 Å². The highest BCUT2D eigenvalue weighted by molar-refractivity contribution is 6.21. The van der Waals surface area contributed by atoms with E-state index in [2.05, 4.69) is 4.99 Å². The first kappa shape index (κ1) is 14.0. The molecule has 0 radical (unpaired) electrons. The third kappa shape index (κ3) is 1.75. The van der Waals surface area contributed by atoms with Crippen LogP contribution in [0.3, 0.4) is 0 Å². The molecule has 7 nitrogen and oxygen atoms in total. The zero-order valence-electron chi connectivity index (χ0n) is 12.2. The number of carbonyl (C=O) groups excluding carboxylic acids is 1. The first-order chi connectivity index (χ1) is 10.3. The van der Waals surface area contributed by atoms with E-state index in [4.69, 9.17) is 0 Å². The predicted molar refractivity (Wildman–Crippen MR) is 78.1 cm³/mol. The Morgan fingerprint density at radius 2 is 1.77 bits per heavy atom. The second kappa shape index (κ2) is 4.52. The molecule has 1 aromatic heterocycles. The summed E-state index contributed by atoms with van der Waals surface area (Å²) in [6, 6.07) is 5.21. The molecule has 3 rings (SSSR count). The van der Waals surface area contributed by atoms with E-state index in [1.165, 1.54) is 14.1 Å². The van der Waals surface area contributed by atoms with Gasteiger partial charge >= 0.3 is 5.69 Å². The van der Waals surface area contributed by atoms with E-state index in [0.29, 0.717) is 10.6 Å². The van der Waals surface area contributed by atoms with Crippen molar-refractivity contribution in [1.82, 2.24) is 9.13 Å². The summed E-state index contributed by atoms with van der Waals surface area (Å²) in [6.07, 6.45) is 0. The second-order valence-electron chi connectivity index (χ2n) is 5.22. The maximum atomic E-state index is 12.4. The lowest BCUT2D eigenvalue weighted by Crippen LogP contribution is -2.39. The third-order valence-electron chi connectivity index (χ3n) is 3.74. The summed E-state index contributed by atoms with van der Waals surface area (Å²) < 4.78 is 1.77. The Kier molecular flexibility index (Phi) is 2.88. The highest BCUT2D eigenvalue weighted by Gasteiger charge is 2.27. The zero-order chi connectivity index (χ0) is 16.2. The van der Waals surface area contributed by atoms with Crippen LogP contribution in [0, 0.1) is 6.92 Å². The average Bonchev–Trinajstić information content (AvgIpc) is 2.79. The van der Waals surface area contributed by atoms with E-state index in [-0.39, 0.29) is 11.1 Å². The molecule has 0 bridgehead atoms. The van der Waals surface area contributed by atoms with Crippen molar-refractivity contribution in [3.63, 3.8) is 0 Å². The number of aromatic nitrogens is 2. The number of amides is 1. The van der Waals surface area contributed by atoms with Gasteiger partial charge in [-0.2, -0.15) is 0 Å². The summed E-state index contributed by atoms with van der Waals surface area (Å²) in [5.41, 5.74) is -0.690. The zero-order valence-corrected chi connectivity index (χ0v) is 12.2. The van der Waals surface area contributed by atoms with Crippen molar-refractivity contribution in [2.45, 2.75) is 6.92 Å². The Labute approximate surface area is 124 Å². The minimum atomic E-state index is -0.728. The van der Waals surface area contributed by atoms with Crippen molar-refractivity contribution in [3.8, 4) is 5.88 Å². The Morgan fingerprint density at radius 1 is 1.09 bits per heavy atom. The standard InChI is InChI=1S/C15H13N3O4/c1-7-4-5-9-8(6-7)10(12(19)16-9)11-13(20)17(2)15(22)18(3)14(11)21/h4-6,20H,1-3H3. The lowest BCUT2D eigenvalue weighted by atomic mass is 10.0. The van der Waals surface area contributed by atoms with Crippen LogP contribution in [0.2, 0.25) is 0 Å². The molecule has 0 saturated carbocycles. The van der Waals surface area contributed by atoms with Gasteiger partial charge in [0.15, 0.2) is 0 Å². The van der Waals surface area contributed by atoms with Crippen molar-refractivity contribution in [2.75, 3.05) is 0 Å². The lowest BCUT2D eigenvalue weighted by molar-refractivity contribution is -0.112. The van der Waals surface area contributed by atoms with E-state index < -0.39 is 23.0 Å². The van der Waals surface area contributed by atoms with E-state index in [1.54, 1.807) is 18.2 Å². The fourth-order valence-corrected chi connectivity index (χ4v) is 2.52. The number of hydrogen-bond donors (Lipinski definition) is 1. The van der Waals surface area contributed by atoms with Crippen LogP contribution in [0.15, 0.2) is 32.8 Å². The van der Waals surface area contributed by atoms with Crippen LogP contribution >= 0.6 is 0 Å². The van der Waals surface area contributed by atoms with Crippen molar-refractivity contribution < 1.29 is 9.90 Å². The Morgan fingerprint density at radius 3 is 2.45 bits per heavy atom. The molecule has 7 heteroatoms. The van der Waals surface area contributed by atoms with Crippen LogP contribution in [-0.2, 0) is 18.9 Å². The van der Waals surface area contributed by atoms with E-state index in [1.807, 2.05) is 6.92 Å². The van der Waals surface area contributed by atoms with Gasteiger partial charge in [0, 0.05) is 19.3 Å². The van der Waals surface area contributed by atoms with Gasteiger partial charge in [-0.25, -0.2) is 9.79 Å². The molecule has 2 aromatic rings. The van der Waals surface area contributed by atoms with Gasteiger partial charge in [-0.1, -0.05) is 11.6 Å². The summed E-state index contributed by atoms with van der Waals surface area (Å²) in [7, 11) is 2.62. The van der Waals surface area contributed by atoms with Gasteiger partial charge in [0.2, 0.25) is 5.88 Å². The number of aromatic hydroxyl groups is 1. The molecule has 1 aliphatic rings. The monoisotopic (exact) mass is 299 g/mol. The number of nitrogens with zero attached hydrogens (tertiary/aromatic N) is 3. The van der Waals surface area contributed by atoms with Gasteiger partial charge in [-0.05, 0) is 19.1 Å². The highest BCUT2D eigenvalue weighted by atomic mass is 16.3. The summed E-state index contributed by atoms with van der Waals surface area (Å²) in [4.78, 5) is 40.3. The molecule has 22 heavy (non-hydrogen) atoms. The number of hydrogen-bond acceptors (Lipinski definition) is 4. The minimum absolute atomic E-state index is 0.0207. The molecule has 2 heterocycles. The van der Waals surface area contributed by atoms with Gasteiger partial charge in [0.05, 0.1) is 10.9 Å². The van der Waals surface area contributed by atoms with E-state index >= 15 is 0 Å². The SMILES string of the molecule is Cc1ccc2c(c1)=C(c1c(O)n(C)c(=O)n(C)c1=O)C(=O)N=2. The van der Waals surface area contributed by atoms with Gasteiger partial charge in [0.25, 0.3) is 11.5 Å². The molecule has 112 valence electrons. The molecule has 0 atom stereocenters. The van der Waals surface area contributed by atoms with Crippen molar-refractivity contribution in [1.29, 1.82) is 0 Å². The first-order valence-electron chi connectivity index (χ1n) is 6.56. The summed E-state index contributed by atoms with van der Waals surface area (Å²) in [5.74, 6) is -1.15. The molecule has 1 amide bonds. The molecule has 0 saturated heterocycles. The van der Waals surface area contributed by atoms with Crippen molar-refractivity contribution in [3.05, 3.63) is 60.7 Å². The Bertz CT molecular complexity index is 1070. The number of fused-ring (bicyclic) bond motifs is 1. The topological polar surface area (TPSA) is 93.7 Å². The van der Waals surface area contributed by atoms with Crippen LogP contribution in [0.4, 0.5) is 0 Å². The number of carbonyl (C=O) groups is 1. The molecule has 1 aromatic carbocycles. The maximum absolute atomic E-state index is 12.4. The summed E-state index contributed by atoms with van der Waals surface area (Å²) in [6.45, 7) is 1.85. The third-order valence-corrected chi connectivity index (χ3v) is 3.74. The quantitative estimate of drug-likeness (QED) is 0.690. The number of benzene rings is 1. The molecule has 1 N–H and O–H groups in total. The van der Waals surface area contributed by atoms with Crippen LogP contribution in [0.25, 0.3) is 5.57 Å². The molecule has 0 spiro atoms. The number of aryl methyl sites for hydroxylation is 1. The largest absolute Gasteiger partial charge is 0.494 e. The fourth-order valence-electron chi connectivity index (χ4n) is 2.52. The normalized spacial score (nSPS) is 13.2. The van der Waals surface area contributed by atoms with Gasteiger partial charge in [-0.15, -0.1) is 0 Å².